The number of halogens is 1. The van der Waals surface area contributed by atoms with Gasteiger partial charge in [-0.15, -0.1) is 0 Å². The second kappa shape index (κ2) is 3.95. The summed E-state index contributed by atoms with van der Waals surface area (Å²) in [6.07, 6.45) is 5.74. The van der Waals surface area contributed by atoms with E-state index in [-0.39, 0.29) is 17.8 Å². The fourth-order valence-corrected chi connectivity index (χ4v) is 4.08. The van der Waals surface area contributed by atoms with Gasteiger partial charge in [0.2, 0.25) is 5.91 Å². The molecule has 0 radical (unpaired) electrons. The molecule has 0 bridgehead atoms. The third-order valence-corrected chi connectivity index (χ3v) is 4.89. The molecule has 3 aliphatic rings. The van der Waals surface area contributed by atoms with E-state index in [1.54, 1.807) is 12.1 Å². The van der Waals surface area contributed by atoms with Crippen LogP contribution in [0.2, 0.25) is 0 Å². The zero-order valence-corrected chi connectivity index (χ0v) is 10.7. The van der Waals surface area contributed by atoms with Crippen LogP contribution in [0.5, 0.6) is 0 Å². The number of benzene rings is 1. The minimum absolute atomic E-state index is 0.0773. The van der Waals surface area contributed by atoms with Gasteiger partial charge in [-0.25, -0.2) is 4.39 Å². The van der Waals surface area contributed by atoms with Crippen LogP contribution < -0.4 is 10.2 Å². The van der Waals surface area contributed by atoms with Gasteiger partial charge in [-0.3, -0.25) is 4.79 Å². The molecule has 1 N–H and O–H groups in total. The average molecular weight is 260 g/mol. The van der Waals surface area contributed by atoms with Crippen LogP contribution in [-0.2, 0) is 4.79 Å². The van der Waals surface area contributed by atoms with Gasteiger partial charge in [0.15, 0.2) is 0 Å². The maximum atomic E-state index is 13.5. The molecule has 1 saturated carbocycles. The first kappa shape index (κ1) is 11.3. The van der Waals surface area contributed by atoms with E-state index >= 15 is 0 Å². The van der Waals surface area contributed by atoms with Gasteiger partial charge in [0.05, 0.1) is 11.4 Å². The van der Waals surface area contributed by atoms with Gasteiger partial charge in [-0.05, 0) is 43.4 Å². The average Bonchev–Trinajstić information content (AvgIpc) is 2.80. The lowest BCUT2D eigenvalue weighted by Gasteiger charge is -2.39. The van der Waals surface area contributed by atoms with E-state index in [4.69, 9.17) is 0 Å². The molecule has 100 valence electrons. The first-order chi connectivity index (χ1) is 9.24. The molecule has 2 aliphatic heterocycles. The monoisotopic (exact) mass is 260 g/mol. The summed E-state index contributed by atoms with van der Waals surface area (Å²) >= 11 is 0. The number of hydrogen-bond donors (Lipinski definition) is 1. The Morgan fingerprint density at radius 2 is 2.11 bits per heavy atom. The third-order valence-electron chi connectivity index (χ3n) is 4.89. The maximum absolute atomic E-state index is 13.5. The molecule has 1 aliphatic carbocycles. The lowest BCUT2D eigenvalue weighted by atomic mass is 9.84. The highest BCUT2D eigenvalue weighted by Crippen LogP contribution is 2.46. The Balaban J connectivity index is 1.81. The number of fused-ring (bicyclic) bond motifs is 5. The molecule has 4 heteroatoms. The molecular weight excluding hydrogens is 243 g/mol. The number of nitrogens with zero attached hydrogens (tertiary/aromatic N) is 1. The predicted octanol–water partition coefficient (Wildman–Crippen LogP) is 2.92. The Kier molecular flexibility index (Phi) is 2.34. The van der Waals surface area contributed by atoms with Crippen molar-refractivity contribution < 1.29 is 9.18 Å². The van der Waals surface area contributed by atoms with Gasteiger partial charge < -0.3 is 10.2 Å². The SMILES string of the molecule is O=C1Nc2ccc(F)cc2N2C1CC1CCCCC12. The van der Waals surface area contributed by atoms with Crippen molar-refractivity contribution in [2.24, 2.45) is 5.92 Å². The molecule has 1 saturated heterocycles. The summed E-state index contributed by atoms with van der Waals surface area (Å²) in [5.74, 6) is 0.445. The second-order valence-electron chi connectivity index (χ2n) is 5.92. The minimum Gasteiger partial charge on any atom is -0.354 e. The number of anilines is 2. The van der Waals surface area contributed by atoms with Crippen LogP contribution >= 0.6 is 0 Å². The molecule has 2 fully saturated rings. The summed E-state index contributed by atoms with van der Waals surface area (Å²) in [5.41, 5.74) is 1.63. The van der Waals surface area contributed by atoms with E-state index < -0.39 is 0 Å². The summed E-state index contributed by atoms with van der Waals surface area (Å²) in [4.78, 5) is 14.4. The van der Waals surface area contributed by atoms with Crippen molar-refractivity contribution in [2.75, 3.05) is 10.2 Å². The molecule has 3 nitrogen and oxygen atoms in total. The molecule has 19 heavy (non-hydrogen) atoms. The highest BCUT2D eigenvalue weighted by Gasteiger charge is 2.47. The Morgan fingerprint density at radius 1 is 1.26 bits per heavy atom. The summed E-state index contributed by atoms with van der Waals surface area (Å²) in [6.45, 7) is 0. The van der Waals surface area contributed by atoms with Crippen LogP contribution in [0.1, 0.15) is 32.1 Å². The fourth-order valence-electron chi connectivity index (χ4n) is 4.08. The molecule has 1 aromatic rings. The molecular formula is C15H17FN2O. The molecule has 0 aromatic heterocycles. The van der Waals surface area contributed by atoms with E-state index in [2.05, 4.69) is 10.2 Å². The van der Waals surface area contributed by atoms with Crippen LogP contribution in [0.4, 0.5) is 15.8 Å². The summed E-state index contributed by atoms with van der Waals surface area (Å²) in [7, 11) is 0. The van der Waals surface area contributed by atoms with E-state index in [0.717, 1.165) is 24.2 Å². The summed E-state index contributed by atoms with van der Waals surface area (Å²) in [5, 5.41) is 2.92. The Hall–Kier alpha value is -1.58. The van der Waals surface area contributed by atoms with Crippen LogP contribution in [0.3, 0.4) is 0 Å². The van der Waals surface area contributed by atoms with Crippen molar-refractivity contribution in [3.05, 3.63) is 24.0 Å². The van der Waals surface area contributed by atoms with Crippen molar-refractivity contribution in [3.63, 3.8) is 0 Å². The topological polar surface area (TPSA) is 32.3 Å². The first-order valence-corrected chi connectivity index (χ1v) is 7.13. The predicted molar refractivity (Wildman–Crippen MR) is 71.7 cm³/mol. The number of amides is 1. The Labute approximate surface area is 111 Å². The van der Waals surface area contributed by atoms with E-state index in [0.29, 0.717) is 12.0 Å². The van der Waals surface area contributed by atoms with Crippen molar-refractivity contribution in [1.29, 1.82) is 0 Å². The zero-order valence-electron chi connectivity index (χ0n) is 10.7. The van der Waals surface area contributed by atoms with Crippen molar-refractivity contribution >= 4 is 17.3 Å². The molecule has 2 heterocycles. The minimum atomic E-state index is -0.229. The highest BCUT2D eigenvalue weighted by molar-refractivity contribution is 6.04. The lowest BCUT2D eigenvalue weighted by molar-refractivity contribution is -0.117. The molecule has 4 rings (SSSR count). The third kappa shape index (κ3) is 1.58. The quantitative estimate of drug-likeness (QED) is 0.778. The zero-order chi connectivity index (χ0) is 13.0. The normalized spacial score (nSPS) is 32.4. The lowest BCUT2D eigenvalue weighted by Crippen LogP contribution is -2.48. The number of nitrogens with one attached hydrogen (secondary N) is 1. The van der Waals surface area contributed by atoms with Crippen molar-refractivity contribution in [2.45, 2.75) is 44.2 Å². The Bertz CT molecular complexity index is 545. The highest BCUT2D eigenvalue weighted by atomic mass is 19.1. The van der Waals surface area contributed by atoms with Crippen LogP contribution in [0, 0.1) is 11.7 Å². The van der Waals surface area contributed by atoms with Crippen LogP contribution in [0.15, 0.2) is 18.2 Å². The number of rotatable bonds is 0. The van der Waals surface area contributed by atoms with Gasteiger partial charge >= 0.3 is 0 Å². The Morgan fingerprint density at radius 3 is 3.00 bits per heavy atom. The maximum Gasteiger partial charge on any atom is 0.247 e. The molecule has 0 spiro atoms. The summed E-state index contributed by atoms with van der Waals surface area (Å²) in [6, 6.07) is 4.98. The van der Waals surface area contributed by atoms with Gasteiger partial charge in [0.1, 0.15) is 11.9 Å². The smallest absolute Gasteiger partial charge is 0.247 e. The molecule has 3 unspecified atom stereocenters. The van der Waals surface area contributed by atoms with Crippen LogP contribution in [-0.4, -0.2) is 18.0 Å². The molecule has 1 aromatic carbocycles. The van der Waals surface area contributed by atoms with Gasteiger partial charge in [-0.2, -0.15) is 0 Å². The van der Waals surface area contributed by atoms with Gasteiger partial charge in [0.25, 0.3) is 0 Å². The van der Waals surface area contributed by atoms with Gasteiger partial charge in [-0.1, -0.05) is 12.8 Å². The fraction of sp³-hybridized carbons (Fsp3) is 0.533. The van der Waals surface area contributed by atoms with E-state index in [1.807, 2.05) is 0 Å². The molecule has 3 atom stereocenters. The van der Waals surface area contributed by atoms with Gasteiger partial charge in [0, 0.05) is 6.04 Å². The summed E-state index contributed by atoms with van der Waals surface area (Å²) < 4.78 is 13.5. The molecule has 1 amide bonds. The number of hydrogen-bond acceptors (Lipinski definition) is 2. The second-order valence-corrected chi connectivity index (χ2v) is 5.92. The van der Waals surface area contributed by atoms with Crippen molar-refractivity contribution in [3.8, 4) is 0 Å². The first-order valence-electron chi connectivity index (χ1n) is 7.13. The van der Waals surface area contributed by atoms with E-state index in [1.165, 1.54) is 25.3 Å². The standard InChI is InChI=1S/C15H17FN2O/c16-10-5-6-11-13(8-10)18-12-4-2-1-3-9(12)7-14(18)15(19)17-11/h5-6,8-9,12,14H,1-4,7H2,(H,17,19). The number of carbonyl (C=O) groups is 1. The van der Waals surface area contributed by atoms with E-state index in [9.17, 15) is 9.18 Å². The van der Waals surface area contributed by atoms with Crippen molar-refractivity contribution in [1.82, 2.24) is 0 Å². The number of carbonyl (C=O) groups excluding carboxylic acids is 1. The largest absolute Gasteiger partial charge is 0.354 e. The van der Waals surface area contributed by atoms with Crippen LogP contribution in [0.25, 0.3) is 0 Å².